The monoisotopic (exact) mass is 262 g/mol. The van der Waals surface area contributed by atoms with Gasteiger partial charge >= 0.3 is 5.97 Å². The summed E-state index contributed by atoms with van der Waals surface area (Å²) < 4.78 is 5.45. The fourth-order valence-corrected chi connectivity index (χ4v) is 2.94. The first-order chi connectivity index (χ1) is 8.81. The van der Waals surface area contributed by atoms with Crippen LogP contribution in [0.5, 0.6) is 0 Å². The zero-order chi connectivity index (χ0) is 14.2. The van der Waals surface area contributed by atoms with Gasteiger partial charge in [-0.3, -0.25) is 4.79 Å². The highest BCUT2D eigenvalue weighted by Gasteiger charge is 2.43. The van der Waals surface area contributed by atoms with E-state index >= 15 is 0 Å². The van der Waals surface area contributed by atoms with Gasteiger partial charge in [-0.15, -0.1) is 0 Å². The fraction of sp³-hybridized carbons (Fsp3) is 0.625. The molecule has 0 spiro atoms. The Balaban J connectivity index is 2.10. The molecule has 0 unspecified atom stereocenters. The zero-order valence-corrected chi connectivity index (χ0v) is 12.1. The van der Waals surface area contributed by atoms with Crippen LogP contribution in [0.4, 0.5) is 0 Å². The van der Waals surface area contributed by atoms with E-state index in [1.165, 1.54) is 11.1 Å². The van der Waals surface area contributed by atoms with Crippen molar-refractivity contribution in [2.24, 2.45) is 17.8 Å². The van der Waals surface area contributed by atoms with Gasteiger partial charge in [0, 0.05) is 18.3 Å². The molecule has 0 saturated heterocycles. The summed E-state index contributed by atoms with van der Waals surface area (Å²) in [5.74, 6) is 0.160. The van der Waals surface area contributed by atoms with E-state index in [0.29, 0.717) is 6.42 Å². The Morgan fingerprint density at radius 2 is 2.11 bits per heavy atom. The Kier molecular flexibility index (Phi) is 3.66. The second-order valence-electron chi connectivity index (χ2n) is 6.56. The molecule has 2 aliphatic carbocycles. The lowest BCUT2D eigenvalue weighted by Gasteiger charge is -2.42. The lowest BCUT2D eigenvalue weighted by Crippen LogP contribution is -2.40. The summed E-state index contributed by atoms with van der Waals surface area (Å²) in [6.07, 6.45) is 6.53. The minimum atomic E-state index is -0.442. The molecular formula is C16H22O3. The van der Waals surface area contributed by atoms with E-state index in [4.69, 9.17) is 4.74 Å². The van der Waals surface area contributed by atoms with Crippen LogP contribution in [0.1, 0.15) is 40.5 Å². The maximum Gasteiger partial charge on any atom is 0.313 e. The van der Waals surface area contributed by atoms with Crippen LogP contribution in [0, 0.1) is 17.8 Å². The molecule has 0 saturated carbocycles. The SMILES string of the molecule is CC1=C[C@H](CC=O)C2=C[C@H](C(=O)OC(C)(C)C)[C@@H]2C1. The minimum absolute atomic E-state index is 0.132. The minimum Gasteiger partial charge on any atom is -0.459 e. The summed E-state index contributed by atoms with van der Waals surface area (Å²) >= 11 is 0. The predicted octanol–water partition coefficient (Wildman–Crippen LogP) is 3.06. The van der Waals surface area contributed by atoms with Gasteiger partial charge in [0.15, 0.2) is 0 Å². The van der Waals surface area contributed by atoms with E-state index in [1.54, 1.807) is 0 Å². The molecule has 0 aromatic heterocycles. The lowest BCUT2D eigenvalue weighted by molar-refractivity contribution is -0.160. The summed E-state index contributed by atoms with van der Waals surface area (Å²) in [6.45, 7) is 7.72. The Labute approximate surface area is 114 Å². The van der Waals surface area contributed by atoms with Gasteiger partial charge in [-0.1, -0.05) is 23.3 Å². The summed E-state index contributed by atoms with van der Waals surface area (Å²) in [6, 6.07) is 0. The first-order valence-electron chi connectivity index (χ1n) is 6.87. The molecule has 0 aliphatic heterocycles. The number of ether oxygens (including phenoxy) is 1. The van der Waals surface area contributed by atoms with Gasteiger partial charge in [0.05, 0.1) is 5.92 Å². The van der Waals surface area contributed by atoms with Crippen molar-refractivity contribution in [3.8, 4) is 0 Å². The van der Waals surface area contributed by atoms with Crippen LogP contribution in [0.15, 0.2) is 23.3 Å². The zero-order valence-electron chi connectivity index (χ0n) is 12.1. The van der Waals surface area contributed by atoms with E-state index in [2.05, 4.69) is 13.0 Å². The molecule has 0 aromatic carbocycles. The van der Waals surface area contributed by atoms with Gasteiger partial charge in [0.2, 0.25) is 0 Å². The number of fused-ring (bicyclic) bond motifs is 1. The van der Waals surface area contributed by atoms with Gasteiger partial charge in [0.25, 0.3) is 0 Å². The third-order valence-electron chi connectivity index (χ3n) is 3.72. The topological polar surface area (TPSA) is 43.4 Å². The molecule has 0 amide bonds. The molecule has 0 bridgehead atoms. The molecule has 0 N–H and O–H groups in total. The Morgan fingerprint density at radius 3 is 2.68 bits per heavy atom. The quantitative estimate of drug-likeness (QED) is 0.446. The van der Waals surface area contributed by atoms with E-state index < -0.39 is 5.60 Å². The Bertz CT molecular complexity index is 451. The summed E-state index contributed by atoms with van der Waals surface area (Å²) in [5, 5.41) is 0. The van der Waals surface area contributed by atoms with Crippen LogP contribution in [0.2, 0.25) is 0 Å². The highest BCUT2D eigenvalue weighted by atomic mass is 16.6. The van der Waals surface area contributed by atoms with Gasteiger partial charge in [-0.25, -0.2) is 0 Å². The van der Waals surface area contributed by atoms with Gasteiger partial charge < -0.3 is 9.53 Å². The second kappa shape index (κ2) is 4.95. The first kappa shape index (κ1) is 14.0. The van der Waals surface area contributed by atoms with E-state index in [0.717, 1.165) is 12.7 Å². The van der Waals surface area contributed by atoms with Crippen LogP contribution in [-0.2, 0) is 14.3 Å². The molecule has 2 aliphatic rings. The Hall–Kier alpha value is -1.38. The van der Waals surface area contributed by atoms with Crippen molar-refractivity contribution in [1.82, 2.24) is 0 Å². The molecule has 2 rings (SSSR count). The second-order valence-corrected chi connectivity index (χ2v) is 6.56. The smallest absolute Gasteiger partial charge is 0.313 e. The molecule has 3 heteroatoms. The molecule has 0 aromatic rings. The molecule has 0 fully saturated rings. The molecule has 0 heterocycles. The molecule has 104 valence electrons. The fourth-order valence-electron chi connectivity index (χ4n) is 2.94. The van der Waals surface area contributed by atoms with Crippen molar-refractivity contribution in [1.29, 1.82) is 0 Å². The standard InChI is InChI=1S/C16H22O3/c1-10-7-11(5-6-17)12-9-14(13(12)8-10)15(18)19-16(2,3)4/h6-7,9,11,13-14H,5,8H2,1-4H3/t11-,13+,14-/m0/s1. The molecule has 3 atom stereocenters. The number of esters is 1. The molecule has 19 heavy (non-hydrogen) atoms. The number of aldehydes is 1. The third kappa shape index (κ3) is 2.96. The van der Waals surface area contributed by atoms with E-state index in [-0.39, 0.29) is 23.7 Å². The average molecular weight is 262 g/mol. The van der Waals surface area contributed by atoms with E-state index in [1.807, 2.05) is 26.8 Å². The molecule has 3 nitrogen and oxygen atoms in total. The van der Waals surface area contributed by atoms with Crippen molar-refractivity contribution in [3.05, 3.63) is 23.3 Å². The largest absolute Gasteiger partial charge is 0.459 e. The summed E-state index contributed by atoms with van der Waals surface area (Å²) in [7, 11) is 0. The van der Waals surface area contributed by atoms with Crippen molar-refractivity contribution in [2.45, 2.75) is 46.1 Å². The number of allylic oxidation sites excluding steroid dienone is 3. The number of carbonyl (C=O) groups excluding carboxylic acids is 2. The highest BCUT2D eigenvalue weighted by molar-refractivity contribution is 5.78. The number of rotatable bonds is 3. The highest BCUT2D eigenvalue weighted by Crippen LogP contribution is 2.47. The first-order valence-corrected chi connectivity index (χ1v) is 6.87. The summed E-state index contributed by atoms with van der Waals surface area (Å²) in [5.41, 5.74) is 2.07. The van der Waals surface area contributed by atoms with Crippen molar-refractivity contribution < 1.29 is 14.3 Å². The van der Waals surface area contributed by atoms with Crippen molar-refractivity contribution >= 4 is 12.3 Å². The molecule has 0 radical (unpaired) electrons. The Morgan fingerprint density at radius 1 is 1.42 bits per heavy atom. The average Bonchev–Trinajstić information content (AvgIpc) is 2.20. The number of hydrogen-bond acceptors (Lipinski definition) is 3. The summed E-state index contributed by atoms with van der Waals surface area (Å²) in [4.78, 5) is 22.8. The van der Waals surface area contributed by atoms with Gasteiger partial charge in [-0.05, 0) is 34.1 Å². The van der Waals surface area contributed by atoms with Crippen LogP contribution in [0.25, 0.3) is 0 Å². The van der Waals surface area contributed by atoms with Crippen LogP contribution < -0.4 is 0 Å². The van der Waals surface area contributed by atoms with Crippen LogP contribution in [-0.4, -0.2) is 17.9 Å². The lowest BCUT2D eigenvalue weighted by atomic mass is 9.63. The van der Waals surface area contributed by atoms with E-state index in [9.17, 15) is 9.59 Å². The maximum absolute atomic E-state index is 12.1. The van der Waals surface area contributed by atoms with Gasteiger partial charge in [0.1, 0.15) is 11.9 Å². The predicted molar refractivity (Wildman–Crippen MR) is 73.5 cm³/mol. The van der Waals surface area contributed by atoms with Crippen LogP contribution in [0.3, 0.4) is 0 Å². The normalized spacial score (nSPS) is 29.6. The number of hydrogen-bond donors (Lipinski definition) is 0. The van der Waals surface area contributed by atoms with Gasteiger partial charge in [-0.2, -0.15) is 0 Å². The maximum atomic E-state index is 12.1. The third-order valence-corrected chi connectivity index (χ3v) is 3.72. The molecular weight excluding hydrogens is 240 g/mol. The van der Waals surface area contributed by atoms with Crippen LogP contribution >= 0.6 is 0 Å². The van der Waals surface area contributed by atoms with Crippen molar-refractivity contribution in [3.63, 3.8) is 0 Å². The van der Waals surface area contributed by atoms with Crippen molar-refractivity contribution in [2.75, 3.05) is 0 Å². The number of carbonyl (C=O) groups is 2.